The molecule has 0 radical (unpaired) electrons. The number of nitrogens with one attached hydrogen (secondary N) is 1. The Kier molecular flexibility index (Phi) is 4.43. The van der Waals surface area contributed by atoms with Gasteiger partial charge in [-0.3, -0.25) is 0 Å². The first kappa shape index (κ1) is 13.6. The summed E-state index contributed by atoms with van der Waals surface area (Å²) in [6.45, 7) is 2.92. The molecule has 0 aliphatic carbocycles. The zero-order valence-electron chi connectivity index (χ0n) is 10.3. The number of imidazole rings is 1. The van der Waals surface area contributed by atoms with E-state index in [0.717, 1.165) is 27.4 Å². The first-order valence-corrected chi connectivity index (χ1v) is 6.96. The standard InChI is InChI=1S/C13H15BrClN3/c1-3-16-12(13-17-6-7-18(13)2)10-8-9(14)4-5-11(10)15/h4-8,12,16H,3H2,1-2H3. The Morgan fingerprint density at radius 1 is 1.50 bits per heavy atom. The van der Waals surface area contributed by atoms with Crippen molar-refractivity contribution in [3.05, 3.63) is 51.5 Å². The van der Waals surface area contributed by atoms with Gasteiger partial charge in [-0.1, -0.05) is 34.5 Å². The molecule has 0 amide bonds. The zero-order valence-corrected chi connectivity index (χ0v) is 12.7. The summed E-state index contributed by atoms with van der Waals surface area (Å²) in [6, 6.07) is 5.87. The summed E-state index contributed by atoms with van der Waals surface area (Å²) in [5.74, 6) is 0.955. The predicted octanol–water partition coefficient (Wildman–Crippen LogP) is 3.53. The highest BCUT2D eigenvalue weighted by molar-refractivity contribution is 9.10. The fourth-order valence-corrected chi connectivity index (χ4v) is 2.54. The summed E-state index contributed by atoms with van der Waals surface area (Å²) in [7, 11) is 1.98. The highest BCUT2D eigenvalue weighted by atomic mass is 79.9. The molecule has 0 fully saturated rings. The molecule has 3 nitrogen and oxygen atoms in total. The van der Waals surface area contributed by atoms with Gasteiger partial charge in [0.1, 0.15) is 5.82 Å². The average Bonchev–Trinajstić information content (AvgIpc) is 2.76. The van der Waals surface area contributed by atoms with E-state index in [2.05, 4.69) is 33.2 Å². The van der Waals surface area contributed by atoms with Gasteiger partial charge in [0.15, 0.2) is 0 Å². The lowest BCUT2D eigenvalue weighted by atomic mass is 10.1. The molecule has 0 spiro atoms. The molecule has 96 valence electrons. The van der Waals surface area contributed by atoms with E-state index in [-0.39, 0.29) is 6.04 Å². The number of benzene rings is 1. The van der Waals surface area contributed by atoms with Crippen LogP contribution in [-0.2, 0) is 7.05 Å². The van der Waals surface area contributed by atoms with Crippen LogP contribution in [0.5, 0.6) is 0 Å². The van der Waals surface area contributed by atoms with Gasteiger partial charge in [0.25, 0.3) is 0 Å². The number of aromatic nitrogens is 2. The molecule has 5 heteroatoms. The predicted molar refractivity (Wildman–Crippen MR) is 77.9 cm³/mol. The molecule has 0 aliphatic rings. The summed E-state index contributed by atoms with van der Waals surface area (Å²) in [6.07, 6.45) is 3.73. The van der Waals surface area contributed by atoms with Crippen LogP contribution in [-0.4, -0.2) is 16.1 Å². The van der Waals surface area contributed by atoms with Crippen LogP contribution in [0.25, 0.3) is 0 Å². The molecular weight excluding hydrogens is 314 g/mol. The van der Waals surface area contributed by atoms with Crippen molar-refractivity contribution < 1.29 is 0 Å². The number of aryl methyl sites for hydroxylation is 1. The highest BCUT2D eigenvalue weighted by Gasteiger charge is 2.19. The lowest BCUT2D eigenvalue weighted by Gasteiger charge is -2.19. The van der Waals surface area contributed by atoms with Crippen molar-refractivity contribution >= 4 is 27.5 Å². The quantitative estimate of drug-likeness (QED) is 0.930. The van der Waals surface area contributed by atoms with Crippen LogP contribution in [0.15, 0.2) is 35.1 Å². The summed E-state index contributed by atoms with van der Waals surface area (Å²) >= 11 is 9.78. The Balaban J connectivity index is 2.48. The smallest absolute Gasteiger partial charge is 0.130 e. The van der Waals surface area contributed by atoms with E-state index >= 15 is 0 Å². The molecule has 1 N–H and O–H groups in total. The largest absolute Gasteiger partial charge is 0.336 e. The number of rotatable bonds is 4. The van der Waals surface area contributed by atoms with Crippen LogP contribution in [0.1, 0.15) is 24.4 Å². The molecule has 0 saturated heterocycles. The van der Waals surface area contributed by atoms with E-state index in [9.17, 15) is 0 Å². The van der Waals surface area contributed by atoms with Gasteiger partial charge in [-0.05, 0) is 30.3 Å². The molecule has 1 heterocycles. The van der Waals surface area contributed by atoms with Gasteiger partial charge in [-0.25, -0.2) is 4.98 Å². The summed E-state index contributed by atoms with van der Waals surface area (Å²) < 4.78 is 3.02. The molecule has 2 rings (SSSR count). The zero-order chi connectivity index (χ0) is 13.1. The van der Waals surface area contributed by atoms with Crippen LogP contribution in [0.4, 0.5) is 0 Å². The van der Waals surface area contributed by atoms with Gasteiger partial charge in [-0.2, -0.15) is 0 Å². The second kappa shape index (κ2) is 5.87. The normalized spacial score (nSPS) is 12.7. The monoisotopic (exact) mass is 327 g/mol. The number of nitrogens with zero attached hydrogens (tertiary/aromatic N) is 2. The Morgan fingerprint density at radius 2 is 2.28 bits per heavy atom. The van der Waals surface area contributed by atoms with Crippen LogP contribution in [0.3, 0.4) is 0 Å². The van der Waals surface area contributed by atoms with Gasteiger partial charge in [-0.15, -0.1) is 0 Å². The Labute approximate surface area is 120 Å². The summed E-state index contributed by atoms with van der Waals surface area (Å²) in [5, 5.41) is 4.16. The second-order valence-corrected chi connectivity index (χ2v) is 5.38. The Morgan fingerprint density at radius 3 is 2.89 bits per heavy atom. The van der Waals surface area contributed by atoms with E-state index in [4.69, 9.17) is 11.6 Å². The van der Waals surface area contributed by atoms with Crippen molar-refractivity contribution in [2.24, 2.45) is 7.05 Å². The van der Waals surface area contributed by atoms with Crippen molar-refractivity contribution in [1.29, 1.82) is 0 Å². The number of halogens is 2. The molecule has 0 bridgehead atoms. The second-order valence-electron chi connectivity index (χ2n) is 4.05. The summed E-state index contributed by atoms with van der Waals surface area (Å²) in [5.41, 5.74) is 1.03. The number of hydrogen-bond donors (Lipinski definition) is 1. The van der Waals surface area contributed by atoms with Crippen molar-refractivity contribution in [2.45, 2.75) is 13.0 Å². The van der Waals surface area contributed by atoms with Crippen molar-refractivity contribution in [3.63, 3.8) is 0 Å². The van der Waals surface area contributed by atoms with Crippen LogP contribution in [0.2, 0.25) is 5.02 Å². The minimum atomic E-state index is -0.000000000000000444. The van der Waals surface area contributed by atoms with E-state index in [0.29, 0.717) is 0 Å². The SMILES string of the molecule is CCNC(c1cc(Br)ccc1Cl)c1nccn1C. The first-order chi connectivity index (χ1) is 8.63. The maximum atomic E-state index is 6.30. The van der Waals surface area contributed by atoms with Gasteiger partial charge in [0, 0.05) is 28.9 Å². The maximum Gasteiger partial charge on any atom is 0.130 e. The van der Waals surface area contributed by atoms with Gasteiger partial charge in [0.05, 0.1) is 6.04 Å². The minimum absolute atomic E-state index is 0.000000000000000444. The Hall–Kier alpha value is -0.840. The van der Waals surface area contributed by atoms with Gasteiger partial charge < -0.3 is 9.88 Å². The van der Waals surface area contributed by atoms with Gasteiger partial charge in [0.2, 0.25) is 0 Å². The molecule has 0 saturated carbocycles. The van der Waals surface area contributed by atoms with Crippen LogP contribution in [0, 0.1) is 0 Å². The van der Waals surface area contributed by atoms with E-state index in [1.54, 1.807) is 6.20 Å². The molecule has 1 aromatic heterocycles. The van der Waals surface area contributed by atoms with Crippen molar-refractivity contribution in [1.82, 2.24) is 14.9 Å². The van der Waals surface area contributed by atoms with E-state index in [1.165, 1.54) is 0 Å². The molecule has 1 atom stereocenters. The minimum Gasteiger partial charge on any atom is -0.336 e. The van der Waals surface area contributed by atoms with E-state index < -0.39 is 0 Å². The number of hydrogen-bond acceptors (Lipinski definition) is 2. The summed E-state index contributed by atoms with van der Waals surface area (Å²) in [4.78, 5) is 4.41. The molecule has 1 aromatic carbocycles. The molecule has 0 aliphatic heterocycles. The molecular formula is C13H15BrClN3. The van der Waals surface area contributed by atoms with Crippen molar-refractivity contribution in [2.75, 3.05) is 6.54 Å². The third-order valence-corrected chi connectivity index (χ3v) is 3.63. The lowest BCUT2D eigenvalue weighted by Crippen LogP contribution is -2.25. The fourth-order valence-electron chi connectivity index (χ4n) is 1.94. The van der Waals surface area contributed by atoms with Gasteiger partial charge >= 0.3 is 0 Å². The Bertz CT molecular complexity index is 539. The highest BCUT2D eigenvalue weighted by Crippen LogP contribution is 2.29. The van der Waals surface area contributed by atoms with Crippen LogP contribution >= 0.6 is 27.5 Å². The van der Waals surface area contributed by atoms with E-state index in [1.807, 2.05) is 36.0 Å². The molecule has 1 unspecified atom stereocenters. The topological polar surface area (TPSA) is 29.9 Å². The molecule has 18 heavy (non-hydrogen) atoms. The lowest BCUT2D eigenvalue weighted by molar-refractivity contribution is 0.577. The third-order valence-electron chi connectivity index (χ3n) is 2.79. The average molecular weight is 329 g/mol. The van der Waals surface area contributed by atoms with Crippen LogP contribution < -0.4 is 5.32 Å². The van der Waals surface area contributed by atoms with Crippen molar-refractivity contribution in [3.8, 4) is 0 Å². The first-order valence-electron chi connectivity index (χ1n) is 5.79. The fraction of sp³-hybridized carbons (Fsp3) is 0.308. The third kappa shape index (κ3) is 2.76. The maximum absolute atomic E-state index is 6.30. The molecule has 2 aromatic rings.